The lowest BCUT2D eigenvalue weighted by molar-refractivity contribution is -0.142. The SMILES string of the molecule is COc1ccc(CN(C(=O)Cn2nnc(-c3ccc(OC)cc3)n2)[C@@H](C(=O)NC2CCCCC2)c2ccc(F)cc2)cc1. The minimum absolute atomic E-state index is 0.0196. The maximum Gasteiger partial charge on any atom is 0.247 e. The van der Waals surface area contributed by atoms with Crippen molar-refractivity contribution < 1.29 is 23.5 Å². The summed E-state index contributed by atoms with van der Waals surface area (Å²) in [5.74, 6) is 0.570. The van der Waals surface area contributed by atoms with Crippen molar-refractivity contribution >= 4 is 11.8 Å². The number of tetrazole rings is 1. The van der Waals surface area contributed by atoms with Crippen LogP contribution in [0.15, 0.2) is 72.8 Å². The van der Waals surface area contributed by atoms with Crippen molar-refractivity contribution in [2.24, 2.45) is 0 Å². The molecule has 0 radical (unpaired) electrons. The summed E-state index contributed by atoms with van der Waals surface area (Å²) in [6.07, 6.45) is 4.97. The summed E-state index contributed by atoms with van der Waals surface area (Å²) in [5.41, 5.74) is 2.00. The first-order chi connectivity index (χ1) is 20.9. The van der Waals surface area contributed by atoms with Crippen molar-refractivity contribution in [2.45, 2.75) is 57.3 Å². The van der Waals surface area contributed by atoms with E-state index in [0.29, 0.717) is 28.5 Å². The molecule has 1 aliphatic rings. The predicted octanol–water partition coefficient (Wildman–Crippen LogP) is 4.72. The van der Waals surface area contributed by atoms with Crippen LogP contribution in [0.3, 0.4) is 0 Å². The van der Waals surface area contributed by atoms with Gasteiger partial charge in [0.25, 0.3) is 0 Å². The van der Waals surface area contributed by atoms with Crippen LogP contribution < -0.4 is 14.8 Å². The summed E-state index contributed by atoms with van der Waals surface area (Å²) in [6.45, 7) is -0.142. The number of nitrogens with zero attached hydrogens (tertiary/aromatic N) is 5. The Bertz CT molecular complexity index is 1500. The number of hydrogen-bond donors (Lipinski definition) is 1. The number of carbonyl (C=O) groups is 2. The van der Waals surface area contributed by atoms with Crippen LogP contribution in [-0.4, -0.2) is 57.2 Å². The number of halogens is 1. The maximum absolute atomic E-state index is 14.0. The summed E-state index contributed by atoms with van der Waals surface area (Å²) in [5, 5.41) is 15.8. The smallest absolute Gasteiger partial charge is 0.247 e. The van der Waals surface area contributed by atoms with Gasteiger partial charge in [0.2, 0.25) is 17.6 Å². The molecule has 1 heterocycles. The second-order valence-electron chi connectivity index (χ2n) is 10.5. The minimum atomic E-state index is -1.01. The molecular formula is C32H35FN6O4. The van der Waals surface area contributed by atoms with Gasteiger partial charge in [0.15, 0.2) is 0 Å². The molecule has 4 aromatic rings. The van der Waals surface area contributed by atoms with Crippen molar-refractivity contribution in [2.75, 3.05) is 14.2 Å². The summed E-state index contributed by atoms with van der Waals surface area (Å²) in [7, 11) is 3.16. The lowest BCUT2D eigenvalue weighted by Gasteiger charge is -2.33. The third-order valence-electron chi connectivity index (χ3n) is 7.61. The number of ether oxygens (including phenoxy) is 2. The summed E-state index contributed by atoms with van der Waals surface area (Å²) in [6, 6.07) is 19.2. The van der Waals surface area contributed by atoms with Gasteiger partial charge in [-0.25, -0.2) is 4.39 Å². The number of hydrogen-bond acceptors (Lipinski definition) is 7. The van der Waals surface area contributed by atoms with Crippen molar-refractivity contribution in [3.05, 3.63) is 89.7 Å². The van der Waals surface area contributed by atoms with Crippen molar-refractivity contribution in [3.63, 3.8) is 0 Å². The topological polar surface area (TPSA) is 111 Å². The molecule has 0 bridgehead atoms. The van der Waals surface area contributed by atoms with Gasteiger partial charge in [-0.05, 0) is 77.7 Å². The van der Waals surface area contributed by atoms with Crippen LogP contribution in [0, 0.1) is 5.82 Å². The molecule has 3 aromatic carbocycles. The molecule has 10 nitrogen and oxygen atoms in total. The molecule has 1 saturated carbocycles. The largest absolute Gasteiger partial charge is 0.497 e. The van der Waals surface area contributed by atoms with Crippen molar-refractivity contribution in [1.29, 1.82) is 0 Å². The highest BCUT2D eigenvalue weighted by molar-refractivity contribution is 5.89. The van der Waals surface area contributed by atoms with E-state index in [0.717, 1.165) is 37.7 Å². The second-order valence-corrected chi connectivity index (χ2v) is 10.5. The van der Waals surface area contributed by atoms with Crippen LogP contribution in [0.5, 0.6) is 11.5 Å². The van der Waals surface area contributed by atoms with Gasteiger partial charge in [-0.1, -0.05) is 43.5 Å². The molecule has 1 aliphatic carbocycles. The Hall–Kier alpha value is -4.80. The van der Waals surface area contributed by atoms with Gasteiger partial charge in [0.05, 0.1) is 14.2 Å². The second kappa shape index (κ2) is 13.9. The molecule has 0 aliphatic heterocycles. The molecule has 5 rings (SSSR count). The fourth-order valence-corrected chi connectivity index (χ4v) is 5.27. The highest BCUT2D eigenvalue weighted by Crippen LogP contribution is 2.27. The summed E-state index contributed by atoms with van der Waals surface area (Å²) < 4.78 is 24.4. The van der Waals surface area contributed by atoms with Gasteiger partial charge in [0.1, 0.15) is 29.9 Å². The van der Waals surface area contributed by atoms with E-state index in [1.54, 1.807) is 62.8 Å². The quantitative estimate of drug-likeness (QED) is 0.271. The summed E-state index contributed by atoms with van der Waals surface area (Å²) in [4.78, 5) is 30.7. The van der Waals surface area contributed by atoms with Crippen LogP contribution in [-0.2, 0) is 22.7 Å². The van der Waals surface area contributed by atoms with Gasteiger partial charge >= 0.3 is 0 Å². The molecule has 224 valence electrons. The van der Waals surface area contributed by atoms with Crippen molar-refractivity contribution in [3.8, 4) is 22.9 Å². The first kappa shape index (κ1) is 29.7. The van der Waals surface area contributed by atoms with Crippen LogP contribution in [0.2, 0.25) is 0 Å². The molecule has 43 heavy (non-hydrogen) atoms. The highest BCUT2D eigenvalue weighted by atomic mass is 19.1. The molecule has 1 N–H and O–H groups in total. The fourth-order valence-electron chi connectivity index (χ4n) is 5.27. The van der Waals surface area contributed by atoms with Crippen LogP contribution in [0.4, 0.5) is 4.39 Å². The monoisotopic (exact) mass is 586 g/mol. The first-order valence-corrected chi connectivity index (χ1v) is 14.3. The van der Waals surface area contributed by atoms with Gasteiger partial charge in [0, 0.05) is 18.2 Å². The Morgan fingerprint density at radius 3 is 2.19 bits per heavy atom. The maximum atomic E-state index is 14.0. The van der Waals surface area contributed by atoms with E-state index in [1.807, 2.05) is 12.1 Å². The third kappa shape index (κ3) is 7.54. The van der Waals surface area contributed by atoms with Crippen molar-refractivity contribution in [1.82, 2.24) is 30.4 Å². The molecule has 1 fully saturated rings. The number of rotatable bonds is 11. The number of carbonyl (C=O) groups excluding carboxylic acids is 2. The zero-order valence-corrected chi connectivity index (χ0v) is 24.3. The van der Waals surface area contributed by atoms with E-state index < -0.39 is 17.8 Å². The lowest BCUT2D eigenvalue weighted by atomic mass is 9.94. The molecular weight excluding hydrogens is 551 g/mol. The van der Waals surface area contributed by atoms with E-state index >= 15 is 0 Å². The fraction of sp³-hybridized carbons (Fsp3) is 0.344. The Morgan fingerprint density at radius 1 is 0.930 bits per heavy atom. The molecule has 1 atom stereocenters. The molecule has 2 amide bonds. The van der Waals surface area contributed by atoms with Gasteiger partial charge in [-0.3, -0.25) is 9.59 Å². The zero-order chi connectivity index (χ0) is 30.2. The van der Waals surface area contributed by atoms with E-state index in [9.17, 15) is 14.0 Å². The van der Waals surface area contributed by atoms with Gasteiger partial charge < -0.3 is 19.7 Å². The zero-order valence-electron chi connectivity index (χ0n) is 24.3. The van der Waals surface area contributed by atoms with Crippen LogP contribution in [0.25, 0.3) is 11.4 Å². The first-order valence-electron chi connectivity index (χ1n) is 14.3. The number of nitrogens with one attached hydrogen (secondary N) is 1. The normalized spacial score (nSPS) is 14.1. The Balaban J connectivity index is 1.46. The number of amides is 2. The van der Waals surface area contributed by atoms with E-state index in [2.05, 4.69) is 20.7 Å². The van der Waals surface area contributed by atoms with Gasteiger partial charge in [-0.2, -0.15) is 4.80 Å². The van der Waals surface area contributed by atoms with E-state index in [4.69, 9.17) is 9.47 Å². The average Bonchev–Trinajstić information content (AvgIpc) is 3.51. The number of aromatic nitrogens is 4. The standard InChI is InChI=1S/C32H35FN6O4/c1-42-27-16-8-22(9-17-27)20-38(29(40)21-39-36-31(35-37-39)24-12-18-28(43-2)19-13-24)30(23-10-14-25(33)15-11-23)32(41)34-26-6-4-3-5-7-26/h8-19,26,30H,3-7,20-21H2,1-2H3,(H,34,41)/t30-/m1/s1. The van der Waals surface area contributed by atoms with Crippen LogP contribution >= 0.6 is 0 Å². The molecule has 11 heteroatoms. The number of methoxy groups -OCH3 is 2. The summed E-state index contributed by atoms with van der Waals surface area (Å²) >= 11 is 0. The van der Waals surface area contributed by atoms with Gasteiger partial charge in [-0.15, -0.1) is 10.2 Å². The molecule has 0 unspecified atom stereocenters. The molecule has 1 aromatic heterocycles. The average molecular weight is 587 g/mol. The molecule has 0 spiro atoms. The lowest BCUT2D eigenvalue weighted by Crippen LogP contribution is -2.47. The van der Waals surface area contributed by atoms with Crippen LogP contribution in [0.1, 0.15) is 49.3 Å². The highest BCUT2D eigenvalue weighted by Gasteiger charge is 2.33. The number of benzene rings is 3. The Labute approximate surface area is 249 Å². The molecule has 0 saturated heterocycles. The minimum Gasteiger partial charge on any atom is -0.497 e. The van der Waals surface area contributed by atoms with E-state index in [-0.39, 0.29) is 25.0 Å². The third-order valence-corrected chi connectivity index (χ3v) is 7.61. The Kier molecular flexibility index (Phi) is 9.60. The predicted molar refractivity (Wildman–Crippen MR) is 158 cm³/mol. The van der Waals surface area contributed by atoms with E-state index in [1.165, 1.54) is 21.8 Å². The Morgan fingerprint density at radius 2 is 1.56 bits per heavy atom.